The van der Waals surface area contributed by atoms with Crippen molar-refractivity contribution in [1.29, 1.82) is 0 Å². The Labute approximate surface area is 121 Å². The molecule has 0 aromatic heterocycles. The maximum Gasteiger partial charge on any atom is 0.230 e. The molecule has 1 saturated heterocycles. The Kier molecular flexibility index (Phi) is 5.18. The molecule has 0 spiro atoms. The smallest absolute Gasteiger partial charge is 0.230 e. The molecular formula is C17H25NO2. The van der Waals surface area contributed by atoms with Crippen molar-refractivity contribution < 1.29 is 9.90 Å². The third-order valence-corrected chi connectivity index (χ3v) is 4.18. The van der Waals surface area contributed by atoms with Crippen LogP contribution in [0, 0.1) is 0 Å². The number of hydrogen-bond acceptors (Lipinski definition) is 2. The first kappa shape index (κ1) is 15.0. The van der Waals surface area contributed by atoms with Gasteiger partial charge >= 0.3 is 0 Å². The van der Waals surface area contributed by atoms with E-state index >= 15 is 0 Å². The average Bonchev–Trinajstić information content (AvgIpc) is 2.88. The monoisotopic (exact) mass is 275 g/mol. The number of aliphatic hydroxyl groups excluding tert-OH is 1. The molecule has 0 saturated carbocycles. The molecule has 1 aliphatic heterocycles. The molecule has 1 aliphatic rings. The summed E-state index contributed by atoms with van der Waals surface area (Å²) < 4.78 is 0. The lowest BCUT2D eigenvalue weighted by atomic mass is 9.94. The fraction of sp³-hybridized carbons (Fsp3) is 0.588. The molecule has 0 radical (unpaired) electrons. The van der Waals surface area contributed by atoms with Crippen LogP contribution >= 0.6 is 0 Å². The lowest BCUT2D eigenvalue weighted by molar-refractivity contribution is -0.134. The van der Waals surface area contributed by atoms with Crippen LogP contribution in [-0.4, -0.2) is 34.6 Å². The number of carbonyl (C=O) groups excluding carboxylic acids is 1. The largest absolute Gasteiger partial charge is 0.393 e. The van der Waals surface area contributed by atoms with Gasteiger partial charge in [-0.1, -0.05) is 37.3 Å². The Morgan fingerprint density at radius 2 is 2.10 bits per heavy atom. The van der Waals surface area contributed by atoms with E-state index in [0.717, 1.165) is 31.4 Å². The highest BCUT2D eigenvalue weighted by Gasteiger charge is 2.33. The summed E-state index contributed by atoms with van der Waals surface area (Å²) in [6.07, 6.45) is 3.23. The zero-order chi connectivity index (χ0) is 14.5. The van der Waals surface area contributed by atoms with E-state index in [1.807, 2.05) is 35.2 Å². The van der Waals surface area contributed by atoms with Crippen LogP contribution in [0.25, 0.3) is 0 Å². The molecule has 1 aromatic rings. The van der Waals surface area contributed by atoms with E-state index in [1.165, 1.54) is 0 Å². The van der Waals surface area contributed by atoms with Gasteiger partial charge in [0.25, 0.3) is 0 Å². The normalized spacial score (nSPS) is 21.8. The number of carbonyl (C=O) groups is 1. The van der Waals surface area contributed by atoms with Crippen LogP contribution in [0.4, 0.5) is 0 Å². The summed E-state index contributed by atoms with van der Waals surface area (Å²) in [5.74, 6) is 0.174. The van der Waals surface area contributed by atoms with Gasteiger partial charge in [0.15, 0.2) is 0 Å². The third-order valence-electron chi connectivity index (χ3n) is 4.18. The van der Waals surface area contributed by atoms with Gasteiger partial charge in [0.2, 0.25) is 5.91 Å². The van der Waals surface area contributed by atoms with Gasteiger partial charge in [-0.2, -0.15) is 0 Å². The maximum absolute atomic E-state index is 12.8. The second-order valence-electron chi connectivity index (χ2n) is 5.78. The number of aliphatic hydroxyl groups is 1. The van der Waals surface area contributed by atoms with Gasteiger partial charge in [-0.3, -0.25) is 4.79 Å². The minimum atomic E-state index is -0.342. The van der Waals surface area contributed by atoms with Gasteiger partial charge in [0.05, 0.1) is 12.0 Å². The van der Waals surface area contributed by atoms with E-state index in [4.69, 9.17) is 0 Å². The average molecular weight is 275 g/mol. The summed E-state index contributed by atoms with van der Waals surface area (Å²) in [5.41, 5.74) is 1.10. The Morgan fingerprint density at radius 1 is 1.40 bits per heavy atom. The third kappa shape index (κ3) is 3.40. The van der Waals surface area contributed by atoms with E-state index in [-0.39, 0.29) is 24.0 Å². The first-order valence-corrected chi connectivity index (χ1v) is 7.67. The summed E-state index contributed by atoms with van der Waals surface area (Å²) >= 11 is 0. The van der Waals surface area contributed by atoms with Crippen LogP contribution in [0.5, 0.6) is 0 Å². The molecule has 1 aromatic carbocycles. The second-order valence-corrected chi connectivity index (χ2v) is 5.78. The minimum absolute atomic E-state index is 0.0502. The molecule has 3 unspecified atom stereocenters. The molecule has 20 heavy (non-hydrogen) atoms. The summed E-state index contributed by atoms with van der Waals surface area (Å²) in [5, 5.41) is 9.59. The van der Waals surface area contributed by atoms with Crippen molar-refractivity contribution in [3.8, 4) is 0 Å². The maximum atomic E-state index is 12.8. The van der Waals surface area contributed by atoms with Crippen molar-refractivity contribution in [2.24, 2.45) is 0 Å². The van der Waals surface area contributed by atoms with Gasteiger partial charge in [-0.05, 0) is 38.2 Å². The lowest BCUT2D eigenvalue weighted by Crippen LogP contribution is -2.40. The number of benzene rings is 1. The van der Waals surface area contributed by atoms with E-state index in [0.29, 0.717) is 6.42 Å². The van der Waals surface area contributed by atoms with Crippen molar-refractivity contribution in [2.75, 3.05) is 6.54 Å². The quantitative estimate of drug-likeness (QED) is 0.897. The Hall–Kier alpha value is -1.35. The van der Waals surface area contributed by atoms with Gasteiger partial charge in [0.1, 0.15) is 0 Å². The van der Waals surface area contributed by atoms with Gasteiger partial charge < -0.3 is 10.0 Å². The molecule has 3 heteroatoms. The van der Waals surface area contributed by atoms with Gasteiger partial charge in [-0.25, -0.2) is 0 Å². The molecule has 3 atom stereocenters. The molecule has 3 nitrogen and oxygen atoms in total. The van der Waals surface area contributed by atoms with E-state index in [2.05, 4.69) is 6.92 Å². The highest BCUT2D eigenvalue weighted by molar-refractivity contribution is 5.84. The van der Waals surface area contributed by atoms with E-state index in [9.17, 15) is 9.90 Å². The molecular weight excluding hydrogens is 250 g/mol. The lowest BCUT2D eigenvalue weighted by Gasteiger charge is -2.29. The number of nitrogens with zero attached hydrogens (tertiary/aromatic N) is 1. The first-order chi connectivity index (χ1) is 9.63. The highest BCUT2D eigenvalue weighted by Crippen LogP contribution is 2.28. The molecule has 0 aliphatic carbocycles. The van der Waals surface area contributed by atoms with Gasteiger partial charge in [-0.15, -0.1) is 0 Å². The SMILES string of the molecule is CCC(C(=O)N1CCCC1CC(C)O)c1ccccc1. The fourth-order valence-corrected chi connectivity index (χ4v) is 3.20. The zero-order valence-electron chi connectivity index (χ0n) is 12.5. The summed E-state index contributed by atoms with van der Waals surface area (Å²) in [7, 11) is 0. The Balaban J connectivity index is 2.12. The first-order valence-electron chi connectivity index (χ1n) is 7.67. The molecule has 0 bridgehead atoms. The van der Waals surface area contributed by atoms with Crippen LogP contribution in [0.2, 0.25) is 0 Å². The van der Waals surface area contributed by atoms with Crippen LogP contribution in [0.15, 0.2) is 30.3 Å². The zero-order valence-corrected chi connectivity index (χ0v) is 12.5. The highest BCUT2D eigenvalue weighted by atomic mass is 16.3. The number of hydrogen-bond donors (Lipinski definition) is 1. The van der Waals surface area contributed by atoms with Gasteiger partial charge in [0, 0.05) is 12.6 Å². The molecule has 1 N–H and O–H groups in total. The number of rotatable bonds is 5. The molecule has 110 valence electrons. The van der Waals surface area contributed by atoms with Crippen molar-refractivity contribution in [3.63, 3.8) is 0 Å². The van der Waals surface area contributed by atoms with Crippen LogP contribution in [0.3, 0.4) is 0 Å². The van der Waals surface area contributed by atoms with Crippen molar-refractivity contribution in [3.05, 3.63) is 35.9 Å². The number of likely N-dealkylation sites (tertiary alicyclic amines) is 1. The van der Waals surface area contributed by atoms with Crippen molar-refractivity contribution in [2.45, 2.75) is 57.6 Å². The summed E-state index contributed by atoms with van der Waals surface area (Å²) in [4.78, 5) is 14.8. The molecule has 1 fully saturated rings. The minimum Gasteiger partial charge on any atom is -0.393 e. The van der Waals surface area contributed by atoms with E-state index in [1.54, 1.807) is 6.92 Å². The van der Waals surface area contributed by atoms with Crippen molar-refractivity contribution >= 4 is 5.91 Å². The van der Waals surface area contributed by atoms with Crippen LogP contribution in [-0.2, 0) is 4.79 Å². The van der Waals surface area contributed by atoms with Crippen molar-refractivity contribution in [1.82, 2.24) is 4.90 Å². The van der Waals surface area contributed by atoms with E-state index < -0.39 is 0 Å². The summed E-state index contributed by atoms with van der Waals surface area (Å²) in [6.45, 7) is 4.70. The fourth-order valence-electron chi connectivity index (χ4n) is 3.20. The summed E-state index contributed by atoms with van der Waals surface area (Å²) in [6, 6.07) is 10.2. The van der Waals surface area contributed by atoms with Crippen LogP contribution in [0.1, 0.15) is 51.0 Å². The molecule has 1 heterocycles. The standard InChI is InChI=1S/C17H25NO2/c1-3-16(14-8-5-4-6-9-14)17(20)18-11-7-10-15(18)12-13(2)19/h4-6,8-9,13,15-16,19H,3,7,10-12H2,1-2H3. The number of amides is 1. The molecule has 1 amide bonds. The topological polar surface area (TPSA) is 40.5 Å². The Morgan fingerprint density at radius 3 is 2.70 bits per heavy atom. The molecule has 2 rings (SSSR count). The Bertz CT molecular complexity index is 430. The predicted octanol–water partition coefficient (Wildman–Crippen LogP) is 2.94. The van der Waals surface area contributed by atoms with Crippen LogP contribution < -0.4 is 0 Å². The predicted molar refractivity (Wildman–Crippen MR) is 80.5 cm³/mol. The second kappa shape index (κ2) is 6.89.